The summed E-state index contributed by atoms with van der Waals surface area (Å²) < 4.78 is 11.4. The van der Waals surface area contributed by atoms with Crippen molar-refractivity contribution in [3.63, 3.8) is 0 Å². The molecule has 1 heterocycles. The second-order valence-corrected chi connectivity index (χ2v) is 9.17. The van der Waals surface area contributed by atoms with Crippen molar-refractivity contribution in [3.8, 4) is 11.5 Å². The lowest BCUT2D eigenvalue weighted by Gasteiger charge is -2.26. The van der Waals surface area contributed by atoms with Crippen LogP contribution in [0.15, 0.2) is 78.4 Å². The number of aliphatic hydroxyl groups excluding tert-OH is 1. The van der Waals surface area contributed by atoms with Crippen molar-refractivity contribution in [2.24, 2.45) is 0 Å². The fourth-order valence-electron chi connectivity index (χ4n) is 4.36. The Balaban J connectivity index is 1.77. The summed E-state index contributed by atoms with van der Waals surface area (Å²) in [5, 5.41) is 11.9. The van der Waals surface area contributed by atoms with E-state index in [0.29, 0.717) is 46.5 Å². The minimum absolute atomic E-state index is 0.00483. The van der Waals surface area contributed by atoms with Gasteiger partial charge in [0.15, 0.2) is 0 Å². The standard InChI is InChI=1S/C30H30ClNO5/c1-3-5-6-18-37-24-16-10-20(11-17-24)28(33)26-27(21-8-7-9-25(19-21)36-4-2)32(30(35)29(26)34)23-14-12-22(31)13-15-23/h7-17,19,27,33H,3-6,18H2,1-2H3/b28-26-. The normalized spacial score (nSPS) is 16.7. The molecule has 0 bridgehead atoms. The molecule has 4 rings (SSSR count). The first-order valence-electron chi connectivity index (χ1n) is 12.5. The summed E-state index contributed by atoms with van der Waals surface area (Å²) >= 11 is 6.07. The van der Waals surface area contributed by atoms with Crippen molar-refractivity contribution in [1.82, 2.24) is 0 Å². The Morgan fingerprint density at radius 2 is 1.65 bits per heavy atom. The summed E-state index contributed by atoms with van der Waals surface area (Å²) in [5.74, 6) is -0.466. The molecule has 1 fully saturated rings. The number of carbonyl (C=O) groups is 2. The van der Waals surface area contributed by atoms with Gasteiger partial charge in [-0.2, -0.15) is 0 Å². The van der Waals surface area contributed by atoms with Crippen LogP contribution >= 0.6 is 11.6 Å². The molecule has 1 aliphatic rings. The molecule has 0 aliphatic carbocycles. The number of ketones is 1. The van der Waals surface area contributed by atoms with E-state index in [1.54, 1.807) is 66.7 Å². The molecule has 3 aromatic rings. The van der Waals surface area contributed by atoms with E-state index in [4.69, 9.17) is 21.1 Å². The van der Waals surface area contributed by atoms with Gasteiger partial charge in [-0.1, -0.05) is 43.5 Å². The predicted octanol–water partition coefficient (Wildman–Crippen LogP) is 6.93. The molecule has 0 aromatic heterocycles. The number of nitrogens with zero attached hydrogens (tertiary/aromatic N) is 1. The first-order valence-corrected chi connectivity index (χ1v) is 12.8. The first kappa shape index (κ1) is 26.3. The zero-order valence-corrected chi connectivity index (χ0v) is 21.7. The van der Waals surface area contributed by atoms with Crippen molar-refractivity contribution in [2.75, 3.05) is 18.1 Å². The van der Waals surface area contributed by atoms with E-state index in [-0.39, 0.29) is 11.3 Å². The molecule has 3 aromatic carbocycles. The van der Waals surface area contributed by atoms with Crippen LogP contribution in [0.5, 0.6) is 11.5 Å². The number of hydrogen-bond acceptors (Lipinski definition) is 5. The molecule has 7 heteroatoms. The molecule has 0 saturated carbocycles. The van der Waals surface area contributed by atoms with Crippen molar-refractivity contribution >= 4 is 34.7 Å². The fourth-order valence-corrected chi connectivity index (χ4v) is 4.49. The van der Waals surface area contributed by atoms with Crippen LogP contribution in [0, 0.1) is 0 Å². The summed E-state index contributed by atoms with van der Waals surface area (Å²) in [5.41, 5.74) is 1.55. The first-order chi connectivity index (χ1) is 17.9. The Labute approximate surface area is 222 Å². The van der Waals surface area contributed by atoms with Crippen LogP contribution in [-0.2, 0) is 9.59 Å². The highest BCUT2D eigenvalue weighted by atomic mass is 35.5. The van der Waals surface area contributed by atoms with E-state index in [2.05, 4.69) is 6.92 Å². The smallest absolute Gasteiger partial charge is 0.300 e. The third kappa shape index (κ3) is 5.81. The second kappa shape index (κ2) is 12.0. The van der Waals surface area contributed by atoms with Crippen LogP contribution in [0.1, 0.15) is 50.3 Å². The van der Waals surface area contributed by atoms with Gasteiger partial charge in [-0.3, -0.25) is 14.5 Å². The number of anilines is 1. The zero-order chi connectivity index (χ0) is 26.4. The van der Waals surface area contributed by atoms with Gasteiger partial charge in [0, 0.05) is 16.3 Å². The average molecular weight is 520 g/mol. The molecular weight excluding hydrogens is 490 g/mol. The SMILES string of the molecule is CCCCCOc1ccc(/C(O)=C2/C(=O)C(=O)N(c3ccc(Cl)cc3)C2c2cccc(OCC)c2)cc1. The van der Waals surface area contributed by atoms with E-state index in [0.717, 1.165) is 19.3 Å². The zero-order valence-electron chi connectivity index (χ0n) is 20.9. The maximum atomic E-state index is 13.3. The number of aliphatic hydroxyl groups is 1. The average Bonchev–Trinajstić information content (AvgIpc) is 3.17. The molecule has 0 spiro atoms. The summed E-state index contributed by atoms with van der Waals surface area (Å²) in [4.78, 5) is 28.0. The number of carbonyl (C=O) groups excluding carboxylic acids is 2. The highest BCUT2D eigenvalue weighted by molar-refractivity contribution is 6.51. The molecule has 1 atom stereocenters. The Bertz CT molecular complexity index is 1280. The van der Waals surface area contributed by atoms with Gasteiger partial charge in [0.05, 0.1) is 24.8 Å². The quantitative estimate of drug-likeness (QED) is 0.136. The predicted molar refractivity (Wildman–Crippen MR) is 145 cm³/mol. The largest absolute Gasteiger partial charge is 0.507 e. The van der Waals surface area contributed by atoms with Gasteiger partial charge in [0.2, 0.25) is 0 Å². The van der Waals surface area contributed by atoms with Gasteiger partial charge in [-0.15, -0.1) is 0 Å². The third-order valence-electron chi connectivity index (χ3n) is 6.18. The molecule has 6 nitrogen and oxygen atoms in total. The number of hydrogen-bond donors (Lipinski definition) is 1. The number of amides is 1. The molecular formula is C30H30ClNO5. The number of benzene rings is 3. The van der Waals surface area contributed by atoms with Crippen LogP contribution in [0.3, 0.4) is 0 Å². The molecule has 1 amide bonds. The highest BCUT2D eigenvalue weighted by Crippen LogP contribution is 2.43. The monoisotopic (exact) mass is 519 g/mol. The molecule has 1 aliphatic heterocycles. The van der Waals surface area contributed by atoms with Gasteiger partial charge < -0.3 is 14.6 Å². The molecule has 37 heavy (non-hydrogen) atoms. The number of Topliss-reactive ketones (excluding diaryl/α,β-unsaturated/α-hetero) is 1. The van der Waals surface area contributed by atoms with Crippen molar-refractivity contribution in [1.29, 1.82) is 0 Å². The van der Waals surface area contributed by atoms with Gasteiger partial charge >= 0.3 is 0 Å². The molecule has 0 radical (unpaired) electrons. The molecule has 1 saturated heterocycles. The van der Waals surface area contributed by atoms with Gasteiger partial charge in [0.25, 0.3) is 11.7 Å². The molecule has 192 valence electrons. The summed E-state index contributed by atoms with van der Waals surface area (Å²) in [6, 6.07) is 19.9. The number of halogens is 1. The van der Waals surface area contributed by atoms with E-state index in [1.807, 2.05) is 13.0 Å². The van der Waals surface area contributed by atoms with Crippen molar-refractivity contribution < 1.29 is 24.2 Å². The Morgan fingerprint density at radius 1 is 0.919 bits per heavy atom. The van der Waals surface area contributed by atoms with Gasteiger partial charge in [0.1, 0.15) is 17.3 Å². The minimum atomic E-state index is -0.855. The Morgan fingerprint density at radius 3 is 2.32 bits per heavy atom. The van der Waals surface area contributed by atoms with Crippen LogP contribution in [0.4, 0.5) is 5.69 Å². The topological polar surface area (TPSA) is 76.1 Å². The number of unbranched alkanes of at least 4 members (excludes halogenated alkanes) is 2. The lowest BCUT2D eigenvalue weighted by molar-refractivity contribution is -0.132. The van der Waals surface area contributed by atoms with E-state index < -0.39 is 17.7 Å². The second-order valence-electron chi connectivity index (χ2n) is 8.73. The number of ether oxygens (including phenoxy) is 2. The van der Waals surface area contributed by atoms with Crippen LogP contribution in [0.25, 0.3) is 5.76 Å². The lowest BCUT2D eigenvalue weighted by Crippen LogP contribution is -2.29. The van der Waals surface area contributed by atoms with Crippen molar-refractivity contribution in [3.05, 3.63) is 94.5 Å². The Hall–Kier alpha value is -3.77. The van der Waals surface area contributed by atoms with Gasteiger partial charge in [-0.25, -0.2) is 0 Å². The van der Waals surface area contributed by atoms with E-state index in [1.165, 1.54) is 4.90 Å². The van der Waals surface area contributed by atoms with Crippen molar-refractivity contribution in [2.45, 2.75) is 39.2 Å². The Kier molecular flexibility index (Phi) is 8.51. The van der Waals surface area contributed by atoms with E-state index >= 15 is 0 Å². The van der Waals surface area contributed by atoms with Crippen LogP contribution in [-0.4, -0.2) is 30.0 Å². The van der Waals surface area contributed by atoms with Crippen LogP contribution in [0.2, 0.25) is 5.02 Å². The molecule has 1 N–H and O–H groups in total. The van der Waals surface area contributed by atoms with Crippen LogP contribution < -0.4 is 14.4 Å². The lowest BCUT2D eigenvalue weighted by atomic mass is 9.95. The maximum Gasteiger partial charge on any atom is 0.300 e. The fraction of sp³-hybridized carbons (Fsp3) is 0.267. The summed E-state index contributed by atoms with van der Waals surface area (Å²) in [6.07, 6.45) is 3.17. The minimum Gasteiger partial charge on any atom is -0.507 e. The molecule has 1 unspecified atom stereocenters. The number of rotatable bonds is 10. The third-order valence-corrected chi connectivity index (χ3v) is 6.43. The summed E-state index contributed by atoms with van der Waals surface area (Å²) in [6.45, 7) is 5.09. The highest BCUT2D eigenvalue weighted by Gasteiger charge is 2.47. The van der Waals surface area contributed by atoms with Gasteiger partial charge in [-0.05, 0) is 79.6 Å². The summed E-state index contributed by atoms with van der Waals surface area (Å²) in [7, 11) is 0. The maximum absolute atomic E-state index is 13.3. The van der Waals surface area contributed by atoms with E-state index in [9.17, 15) is 14.7 Å².